The van der Waals surface area contributed by atoms with E-state index < -0.39 is 0 Å². The van der Waals surface area contributed by atoms with Crippen LogP contribution in [0.4, 0.5) is 0 Å². The molecule has 0 unspecified atom stereocenters. The summed E-state index contributed by atoms with van der Waals surface area (Å²) in [7, 11) is 0. The first-order valence-corrected chi connectivity index (χ1v) is 6.47. The van der Waals surface area contributed by atoms with Crippen molar-refractivity contribution in [1.29, 1.82) is 0 Å². The van der Waals surface area contributed by atoms with E-state index in [1.807, 2.05) is 24.3 Å². The second kappa shape index (κ2) is 5.83. The number of rotatable bonds is 4. The van der Waals surface area contributed by atoms with Gasteiger partial charge in [-0.25, -0.2) is 0 Å². The van der Waals surface area contributed by atoms with Gasteiger partial charge >= 0.3 is 0 Å². The lowest BCUT2D eigenvalue weighted by Crippen LogP contribution is -2.06. The fourth-order valence-corrected chi connectivity index (χ4v) is 2.00. The topological polar surface area (TPSA) is 37.3 Å². The van der Waals surface area contributed by atoms with Crippen molar-refractivity contribution < 1.29 is 9.90 Å². The van der Waals surface area contributed by atoms with Crippen molar-refractivity contribution in [2.75, 3.05) is 0 Å². The van der Waals surface area contributed by atoms with Crippen LogP contribution in [-0.2, 0) is 17.6 Å². The number of hydrogen-bond donors (Lipinski definition) is 1. The first kappa shape index (κ1) is 12.8. The summed E-state index contributed by atoms with van der Waals surface area (Å²) >= 11 is 3.36. The highest BCUT2D eigenvalue weighted by atomic mass is 79.9. The maximum Gasteiger partial charge on any atom is 0.141 e. The number of hydrogen-bond acceptors (Lipinski definition) is 2. The molecule has 0 saturated heterocycles. The van der Waals surface area contributed by atoms with Gasteiger partial charge in [0.05, 0.1) is 0 Å². The molecule has 0 saturated carbocycles. The molecule has 2 nitrogen and oxygen atoms in total. The highest BCUT2D eigenvalue weighted by Crippen LogP contribution is 2.13. The Bertz CT molecular complexity index is 480. The number of ketones is 1. The Balaban J connectivity index is 1.96. The molecule has 0 atom stereocenters. The number of phenols is 1. The monoisotopic (exact) mass is 304 g/mol. The van der Waals surface area contributed by atoms with Crippen LogP contribution in [0.25, 0.3) is 0 Å². The van der Waals surface area contributed by atoms with Gasteiger partial charge in [-0.2, -0.15) is 0 Å². The van der Waals surface area contributed by atoms with E-state index in [2.05, 4.69) is 15.9 Å². The van der Waals surface area contributed by atoms with Crippen molar-refractivity contribution in [3.8, 4) is 5.75 Å². The third-order valence-corrected chi connectivity index (χ3v) is 3.18. The van der Waals surface area contributed by atoms with Crippen LogP contribution in [0.1, 0.15) is 11.1 Å². The summed E-state index contributed by atoms with van der Waals surface area (Å²) in [5.41, 5.74) is 1.94. The summed E-state index contributed by atoms with van der Waals surface area (Å²) in [4.78, 5) is 11.9. The van der Waals surface area contributed by atoms with Crippen LogP contribution in [-0.4, -0.2) is 10.9 Å². The van der Waals surface area contributed by atoms with Crippen molar-refractivity contribution in [1.82, 2.24) is 0 Å². The highest BCUT2D eigenvalue weighted by molar-refractivity contribution is 9.10. The van der Waals surface area contributed by atoms with Crippen LogP contribution in [0.5, 0.6) is 5.75 Å². The molecule has 2 aromatic carbocycles. The van der Waals surface area contributed by atoms with Crippen LogP contribution in [0.3, 0.4) is 0 Å². The van der Waals surface area contributed by atoms with Crippen LogP contribution >= 0.6 is 15.9 Å². The molecule has 0 radical (unpaired) electrons. The van der Waals surface area contributed by atoms with E-state index in [4.69, 9.17) is 5.11 Å². The zero-order valence-corrected chi connectivity index (χ0v) is 11.4. The molecule has 92 valence electrons. The van der Waals surface area contributed by atoms with Crippen molar-refractivity contribution in [2.24, 2.45) is 0 Å². The summed E-state index contributed by atoms with van der Waals surface area (Å²) < 4.78 is 1.01. The predicted octanol–water partition coefficient (Wildman–Crippen LogP) is 3.51. The van der Waals surface area contributed by atoms with Gasteiger partial charge in [0, 0.05) is 17.3 Å². The van der Waals surface area contributed by atoms with Gasteiger partial charge in [-0.05, 0) is 35.4 Å². The number of aromatic hydroxyl groups is 1. The molecule has 0 aliphatic heterocycles. The molecular formula is C15H13BrO2. The molecule has 0 amide bonds. The summed E-state index contributed by atoms with van der Waals surface area (Å²) in [5.74, 6) is 0.391. The number of phenolic OH excluding ortho intramolecular Hbond substituents is 1. The van der Waals surface area contributed by atoms with Crippen molar-refractivity contribution in [2.45, 2.75) is 12.8 Å². The number of halogens is 1. The van der Waals surface area contributed by atoms with Gasteiger partial charge in [-0.1, -0.05) is 40.2 Å². The van der Waals surface area contributed by atoms with Gasteiger partial charge in [0.2, 0.25) is 0 Å². The van der Waals surface area contributed by atoms with Crippen LogP contribution in [0.2, 0.25) is 0 Å². The van der Waals surface area contributed by atoms with Gasteiger partial charge in [0.25, 0.3) is 0 Å². The molecule has 0 spiro atoms. The summed E-state index contributed by atoms with van der Waals surface area (Å²) in [6, 6.07) is 14.5. The van der Waals surface area contributed by atoms with Crippen molar-refractivity contribution >= 4 is 21.7 Å². The average molecular weight is 305 g/mol. The Hall–Kier alpha value is -1.61. The molecule has 0 bridgehead atoms. The van der Waals surface area contributed by atoms with Crippen LogP contribution in [0, 0.1) is 0 Å². The lowest BCUT2D eigenvalue weighted by molar-refractivity contribution is -0.117. The fraction of sp³-hybridized carbons (Fsp3) is 0.133. The second-order valence-electron chi connectivity index (χ2n) is 4.19. The van der Waals surface area contributed by atoms with Crippen molar-refractivity contribution in [3.63, 3.8) is 0 Å². The molecule has 0 fully saturated rings. The quantitative estimate of drug-likeness (QED) is 0.938. The fourth-order valence-electron chi connectivity index (χ4n) is 1.73. The third kappa shape index (κ3) is 3.70. The number of carbonyl (C=O) groups excluding carboxylic acids is 1. The van der Waals surface area contributed by atoms with Gasteiger partial charge in [-0.3, -0.25) is 4.79 Å². The largest absolute Gasteiger partial charge is 0.508 e. The van der Waals surface area contributed by atoms with Gasteiger partial charge in [-0.15, -0.1) is 0 Å². The lowest BCUT2D eigenvalue weighted by Gasteiger charge is -2.02. The van der Waals surface area contributed by atoms with Crippen LogP contribution < -0.4 is 0 Å². The Morgan fingerprint density at radius 3 is 1.83 bits per heavy atom. The SMILES string of the molecule is O=C(Cc1ccc(O)cc1)Cc1ccc(Br)cc1. The first-order valence-electron chi connectivity index (χ1n) is 5.67. The zero-order chi connectivity index (χ0) is 13.0. The van der Waals surface area contributed by atoms with E-state index in [1.54, 1.807) is 24.3 Å². The van der Waals surface area contributed by atoms with Gasteiger partial charge in [0.15, 0.2) is 0 Å². The molecule has 0 heterocycles. The minimum atomic E-state index is 0.169. The molecule has 2 aromatic rings. The third-order valence-electron chi connectivity index (χ3n) is 2.65. The summed E-state index contributed by atoms with van der Waals surface area (Å²) in [6.45, 7) is 0. The standard InChI is InChI=1S/C15H13BrO2/c16-13-5-1-11(2-6-13)9-15(18)10-12-3-7-14(17)8-4-12/h1-8,17H,9-10H2. The summed E-state index contributed by atoms with van der Waals surface area (Å²) in [5, 5.41) is 9.16. The van der Waals surface area contributed by atoms with Gasteiger partial charge in [0.1, 0.15) is 11.5 Å². The highest BCUT2D eigenvalue weighted by Gasteiger charge is 2.05. The number of carbonyl (C=O) groups is 1. The molecule has 18 heavy (non-hydrogen) atoms. The Kier molecular flexibility index (Phi) is 4.15. The molecule has 3 heteroatoms. The summed E-state index contributed by atoms with van der Waals surface area (Å²) in [6.07, 6.45) is 0.838. The van der Waals surface area contributed by atoms with E-state index in [0.29, 0.717) is 12.8 Å². The minimum Gasteiger partial charge on any atom is -0.508 e. The molecule has 0 aliphatic carbocycles. The zero-order valence-electron chi connectivity index (χ0n) is 9.77. The Labute approximate surface area is 114 Å². The molecule has 2 rings (SSSR count). The lowest BCUT2D eigenvalue weighted by atomic mass is 10.0. The van der Waals surface area contributed by atoms with E-state index in [-0.39, 0.29) is 11.5 Å². The van der Waals surface area contributed by atoms with E-state index in [1.165, 1.54) is 0 Å². The maximum atomic E-state index is 11.9. The Morgan fingerprint density at radius 2 is 1.33 bits per heavy atom. The molecule has 1 N–H and O–H groups in total. The Morgan fingerprint density at radius 1 is 0.889 bits per heavy atom. The maximum absolute atomic E-state index is 11.9. The number of Topliss-reactive ketones (excluding diaryl/α,β-unsaturated/α-hetero) is 1. The van der Waals surface area contributed by atoms with Crippen molar-refractivity contribution in [3.05, 3.63) is 64.1 Å². The predicted molar refractivity (Wildman–Crippen MR) is 74.7 cm³/mol. The molecular weight excluding hydrogens is 292 g/mol. The normalized spacial score (nSPS) is 10.3. The minimum absolute atomic E-state index is 0.169. The second-order valence-corrected chi connectivity index (χ2v) is 5.10. The number of benzene rings is 2. The van der Waals surface area contributed by atoms with E-state index in [0.717, 1.165) is 15.6 Å². The van der Waals surface area contributed by atoms with Crippen LogP contribution in [0.15, 0.2) is 53.0 Å². The molecule has 0 aromatic heterocycles. The molecule has 0 aliphatic rings. The average Bonchev–Trinajstić information content (AvgIpc) is 2.35. The van der Waals surface area contributed by atoms with E-state index in [9.17, 15) is 4.79 Å². The smallest absolute Gasteiger partial charge is 0.141 e. The first-order chi connectivity index (χ1) is 8.63. The van der Waals surface area contributed by atoms with Gasteiger partial charge < -0.3 is 5.11 Å². The van der Waals surface area contributed by atoms with E-state index >= 15 is 0 Å².